The van der Waals surface area contributed by atoms with Gasteiger partial charge in [0.1, 0.15) is 5.82 Å². The molecule has 2 aliphatic rings. The van der Waals surface area contributed by atoms with Crippen molar-refractivity contribution in [2.45, 2.75) is 12.5 Å². The predicted molar refractivity (Wildman–Crippen MR) is 99.8 cm³/mol. The first-order valence-corrected chi connectivity index (χ1v) is 8.85. The molecule has 0 N–H and O–H groups in total. The van der Waals surface area contributed by atoms with E-state index in [1.165, 1.54) is 0 Å². The van der Waals surface area contributed by atoms with E-state index in [1.54, 1.807) is 22.2 Å². The Balaban J connectivity index is 1.46. The fourth-order valence-corrected chi connectivity index (χ4v) is 3.43. The fraction of sp³-hybridized carbons (Fsp3) is 0.529. The quantitative estimate of drug-likeness (QED) is 0.816. The lowest BCUT2D eigenvalue weighted by Crippen LogP contribution is -2.28. The maximum Gasteiger partial charge on any atom is 0.324 e. The molecule has 9 nitrogen and oxygen atoms in total. The van der Waals surface area contributed by atoms with Gasteiger partial charge in [-0.25, -0.2) is 9.78 Å². The Hall–Kier alpha value is -2.84. The number of nitrogens with zero attached hydrogens (tertiary/aromatic N) is 8. The number of carbonyl (C=O) groups excluding carboxylic acids is 1. The monoisotopic (exact) mass is 356 g/mol. The molecule has 9 heteroatoms. The molecule has 4 heterocycles. The summed E-state index contributed by atoms with van der Waals surface area (Å²) < 4.78 is 1.97. The summed E-state index contributed by atoms with van der Waals surface area (Å²) in [7, 11) is 5.77. The van der Waals surface area contributed by atoms with E-state index in [1.807, 2.05) is 43.0 Å². The minimum absolute atomic E-state index is 0.0338. The number of carbonyl (C=O) groups is 1. The van der Waals surface area contributed by atoms with Crippen molar-refractivity contribution in [1.82, 2.24) is 24.6 Å². The number of hydrogen-bond acceptors (Lipinski definition) is 6. The van der Waals surface area contributed by atoms with Crippen molar-refractivity contribution in [3.63, 3.8) is 0 Å². The molecule has 138 valence electrons. The van der Waals surface area contributed by atoms with Gasteiger partial charge in [-0.3, -0.25) is 9.58 Å². The number of aromatic nitrogens is 4. The Morgan fingerprint density at radius 2 is 2.08 bits per heavy atom. The number of likely N-dealkylation sites (N-methyl/N-ethyl adjacent to an activating group) is 1. The Morgan fingerprint density at radius 3 is 2.81 bits per heavy atom. The second-order valence-corrected chi connectivity index (χ2v) is 7.03. The van der Waals surface area contributed by atoms with Gasteiger partial charge >= 0.3 is 6.03 Å². The lowest BCUT2D eigenvalue weighted by molar-refractivity contribution is 0.229. The largest absolute Gasteiger partial charge is 0.363 e. The first-order valence-electron chi connectivity index (χ1n) is 8.85. The van der Waals surface area contributed by atoms with Crippen LogP contribution in [0.25, 0.3) is 0 Å². The number of anilines is 3. The maximum atomic E-state index is 12.1. The van der Waals surface area contributed by atoms with Crippen LogP contribution in [0.4, 0.5) is 22.2 Å². The van der Waals surface area contributed by atoms with Crippen LogP contribution >= 0.6 is 0 Å². The molecule has 0 aliphatic carbocycles. The van der Waals surface area contributed by atoms with Gasteiger partial charge in [0, 0.05) is 59.7 Å². The van der Waals surface area contributed by atoms with Gasteiger partial charge in [-0.05, 0) is 12.5 Å². The Labute approximate surface area is 152 Å². The molecule has 0 aromatic carbocycles. The van der Waals surface area contributed by atoms with Crippen LogP contribution in [0.3, 0.4) is 0 Å². The molecule has 26 heavy (non-hydrogen) atoms. The highest BCUT2D eigenvalue weighted by Crippen LogP contribution is 2.27. The van der Waals surface area contributed by atoms with E-state index >= 15 is 0 Å². The summed E-state index contributed by atoms with van der Waals surface area (Å²) in [4.78, 5) is 28.9. The average Bonchev–Trinajstić information content (AvgIpc) is 3.36. The van der Waals surface area contributed by atoms with Crippen molar-refractivity contribution >= 4 is 23.5 Å². The number of hydrogen-bond donors (Lipinski definition) is 0. The van der Waals surface area contributed by atoms with Gasteiger partial charge in [-0.2, -0.15) is 10.1 Å². The van der Waals surface area contributed by atoms with Crippen molar-refractivity contribution in [1.29, 1.82) is 0 Å². The molecule has 1 unspecified atom stereocenters. The highest BCUT2D eigenvalue weighted by atomic mass is 16.2. The van der Waals surface area contributed by atoms with Crippen molar-refractivity contribution in [2.75, 3.05) is 62.0 Å². The van der Waals surface area contributed by atoms with E-state index in [0.717, 1.165) is 43.5 Å². The zero-order valence-electron chi connectivity index (χ0n) is 15.4. The second-order valence-electron chi connectivity index (χ2n) is 7.03. The highest BCUT2D eigenvalue weighted by Gasteiger charge is 2.30. The lowest BCUT2D eigenvalue weighted by atomic mass is 10.3. The number of rotatable bonds is 4. The zero-order valence-corrected chi connectivity index (χ0v) is 15.4. The zero-order chi connectivity index (χ0) is 18.3. The van der Waals surface area contributed by atoms with Crippen LogP contribution < -0.4 is 14.7 Å². The van der Waals surface area contributed by atoms with Crippen LogP contribution in [0.1, 0.15) is 12.5 Å². The summed E-state index contributed by atoms with van der Waals surface area (Å²) in [6.07, 6.45) is 6.53. The SMILES string of the molecule is CN1CCN(c2cnn(C3CCN(c4nccc(N(C)C)n4)C3)c2)C1=O. The van der Waals surface area contributed by atoms with Gasteiger partial charge in [0.05, 0.1) is 17.9 Å². The molecule has 0 radical (unpaired) electrons. The molecule has 2 saturated heterocycles. The van der Waals surface area contributed by atoms with Gasteiger partial charge in [-0.15, -0.1) is 0 Å². The van der Waals surface area contributed by atoms with Crippen molar-refractivity contribution < 1.29 is 4.79 Å². The first-order chi connectivity index (χ1) is 12.5. The molecule has 2 aromatic heterocycles. The summed E-state index contributed by atoms with van der Waals surface area (Å²) in [6, 6.07) is 2.19. The third-order valence-electron chi connectivity index (χ3n) is 5.02. The Kier molecular flexibility index (Phi) is 4.14. The standard InChI is InChI=1S/C17H24N8O/c1-21(2)15-4-6-18-16(20-15)23-7-5-13(11-23)25-12-14(10-19-25)24-9-8-22(3)17(24)26/h4,6,10,12-13H,5,7-9,11H2,1-3H3. The average molecular weight is 356 g/mol. The smallest absolute Gasteiger partial charge is 0.324 e. The van der Waals surface area contributed by atoms with Gasteiger partial charge in [0.2, 0.25) is 5.95 Å². The van der Waals surface area contributed by atoms with Gasteiger partial charge in [0.25, 0.3) is 0 Å². The molecule has 0 spiro atoms. The third-order valence-corrected chi connectivity index (χ3v) is 5.02. The predicted octanol–water partition coefficient (Wildman–Crippen LogP) is 1.06. The first kappa shape index (κ1) is 16.6. The highest BCUT2D eigenvalue weighted by molar-refractivity contribution is 5.93. The maximum absolute atomic E-state index is 12.1. The van der Waals surface area contributed by atoms with Gasteiger partial charge in [-0.1, -0.05) is 0 Å². The molecule has 2 aliphatic heterocycles. The summed E-state index contributed by atoms with van der Waals surface area (Å²) in [5.41, 5.74) is 0.864. The normalized spacial score (nSPS) is 20.3. The summed E-state index contributed by atoms with van der Waals surface area (Å²) in [5.74, 6) is 1.65. The van der Waals surface area contributed by atoms with E-state index in [2.05, 4.69) is 20.0 Å². The van der Waals surface area contributed by atoms with Crippen LogP contribution in [-0.4, -0.2) is 78.0 Å². The molecule has 4 rings (SSSR count). The topological polar surface area (TPSA) is 73.6 Å². The minimum atomic E-state index is 0.0338. The number of urea groups is 1. The molecular formula is C17H24N8O. The molecule has 2 amide bonds. The molecule has 1 atom stereocenters. The minimum Gasteiger partial charge on any atom is -0.363 e. The molecule has 0 bridgehead atoms. The van der Waals surface area contributed by atoms with E-state index < -0.39 is 0 Å². The summed E-state index contributed by atoms with van der Waals surface area (Å²) in [5, 5.41) is 4.50. The Bertz CT molecular complexity index is 804. The molecule has 2 fully saturated rings. The lowest BCUT2D eigenvalue weighted by Gasteiger charge is -2.19. The van der Waals surface area contributed by atoms with Crippen LogP contribution in [0.2, 0.25) is 0 Å². The van der Waals surface area contributed by atoms with Crippen LogP contribution in [0, 0.1) is 0 Å². The second kappa shape index (κ2) is 6.47. The summed E-state index contributed by atoms with van der Waals surface area (Å²) >= 11 is 0. The van der Waals surface area contributed by atoms with Crippen molar-refractivity contribution in [2.24, 2.45) is 0 Å². The van der Waals surface area contributed by atoms with Crippen molar-refractivity contribution in [3.8, 4) is 0 Å². The Morgan fingerprint density at radius 1 is 1.23 bits per heavy atom. The van der Waals surface area contributed by atoms with Crippen LogP contribution in [0.15, 0.2) is 24.7 Å². The summed E-state index contributed by atoms with van der Waals surface area (Å²) in [6.45, 7) is 3.16. The van der Waals surface area contributed by atoms with Crippen LogP contribution in [-0.2, 0) is 0 Å². The van der Waals surface area contributed by atoms with Crippen LogP contribution in [0.5, 0.6) is 0 Å². The van der Waals surface area contributed by atoms with Gasteiger partial charge in [0.15, 0.2) is 0 Å². The van der Waals surface area contributed by atoms with Crippen molar-refractivity contribution in [3.05, 3.63) is 24.7 Å². The number of amides is 2. The third kappa shape index (κ3) is 2.93. The van der Waals surface area contributed by atoms with Gasteiger partial charge < -0.3 is 14.7 Å². The molecular weight excluding hydrogens is 332 g/mol. The fourth-order valence-electron chi connectivity index (χ4n) is 3.43. The van der Waals surface area contributed by atoms with E-state index in [-0.39, 0.29) is 12.1 Å². The van der Waals surface area contributed by atoms with E-state index in [0.29, 0.717) is 6.54 Å². The van der Waals surface area contributed by atoms with E-state index in [4.69, 9.17) is 0 Å². The van der Waals surface area contributed by atoms with E-state index in [9.17, 15) is 4.79 Å². The molecule has 0 saturated carbocycles. The molecule has 2 aromatic rings.